The largest absolute Gasteiger partial charge is 0.467 e. The fourth-order valence-corrected chi connectivity index (χ4v) is 3.61. The molecule has 6 heteroatoms. The highest BCUT2D eigenvalue weighted by Gasteiger charge is 2.23. The second-order valence-electron chi connectivity index (χ2n) is 8.07. The number of aromatic nitrogens is 1. The molecule has 0 fully saturated rings. The minimum Gasteiger partial charge on any atom is -0.467 e. The smallest absolute Gasteiger partial charge is 0.254 e. The molecular formula is C26H33N3O3. The SMILES string of the molecule is CCCCN(CC(=O)N(Cc1ccco1)Cc1cccn1C)C(=O)c1ccc(CC)cc1. The lowest BCUT2D eigenvalue weighted by Gasteiger charge is -2.27. The summed E-state index contributed by atoms with van der Waals surface area (Å²) in [4.78, 5) is 30.1. The van der Waals surface area contributed by atoms with Crippen LogP contribution in [0.5, 0.6) is 0 Å². The summed E-state index contributed by atoms with van der Waals surface area (Å²) in [6.07, 6.45) is 6.29. The molecule has 0 aliphatic rings. The van der Waals surface area contributed by atoms with Crippen LogP contribution in [0.25, 0.3) is 0 Å². The van der Waals surface area contributed by atoms with Crippen molar-refractivity contribution in [3.63, 3.8) is 0 Å². The molecule has 0 aliphatic heterocycles. The number of rotatable bonds is 11. The molecule has 2 heterocycles. The fraction of sp³-hybridized carbons (Fsp3) is 0.385. The van der Waals surface area contributed by atoms with Crippen LogP contribution in [0, 0.1) is 0 Å². The van der Waals surface area contributed by atoms with Crippen molar-refractivity contribution >= 4 is 11.8 Å². The highest BCUT2D eigenvalue weighted by atomic mass is 16.3. The first kappa shape index (κ1) is 23.4. The number of unbranched alkanes of at least 4 members (excludes halogenated alkanes) is 1. The van der Waals surface area contributed by atoms with Gasteiger partial charge in [0.15, 0.2) is 0 Å². The molecule has 2 amide bonds. The van der Waals surface area contributed by atoms with Crippen LogP contribution in [0.2, 0.25) is 0 Å². The first-order valence-corrected chi connectivity index (χ1v) is 11.3. The van der Waals surface area contributed by atoms with Gasteiger partial charge in [-0.15, -0.1) is 0 Å². The van der Waals surface area contributed by atoms with Gasteiger partial charge in [-0.3, -0.25) is 9.59 Å². The Morgan fingerprint density at radius 1 is 0.969 bits per heavy atom. The second-order valence-corrected chi connectivity index (χ2v) is 8.07. The zero-order chi connectivity index (χ0) is 22.9. The van der Waals surface area contributed by atoms with Crippen molar-refractivity contribution in [2.45, 2.75) is 46.2 Å². The summed E-state index contributed by atoms with van der Waals surface area (Å²) in [6.45, 7) is 5.57. The Hall–Kier alpha value is -3.28. The number of hydrogen-bond acceptors (Lipinski definition) is 3. The van der Waals surface area contributed by atoms with E-state index in [2.05, 4.69) is 13.8 Å². The molecule has 6 nitrogen and oxygen atoms in total. The van der Waals surface area contributed by atoms with E-state index in [1.807, 2.05) is 66.3 Å². The highest BCUT2D eigenvalue weighted by molar-refractivity contribution is 5.96. The van der Waals surface area contributed by atoms with Crippen LogP contribution in [-0.2, 0) is 31.4 Å². The van der Waals surface area contributed by atoms with E-state index in [-0.39, 0.29) is 18.4 Å². The minimum atomic E-state index is -0.105. The van der Waals surface area contributed by atoms with Crippen molar-refractivity contribution in [1.29, 1.82) is 0 Å². The van der Waals surface area contributed by atoms with Crippen LogP contribution in [-0.4, -0.2) is 39.3 Å². The van der Waals surface area contributed by atoms with Crippen molar-refractivity contribution in [3.05, 3.63) is 83.6 Å². The predicted octanol–water partition coefficient (Wildman–Crippen LogP) is 4.65. The van der Waals surface area contributed by atoms with E-state index in [1.54, 1.807) is 16.1 Å². The molecular weight excluding hydrogens is 402 g/mol. The van der Waals surface area contributed by atoms with Crippen molar-refractivity contribution in [3.8, 4) is 0 Å². The lowest BCUT2D eigenvalue weighted by Crippen LogP contribution is -2.43. The van der Waals surface area contributed by atoms with Crippen molar-refractivity contribution < 1.29 is 14.0 Å². The lowest BCUT2D eigenvalue weighted by atomic mass is 10.1. The van der Waals surface area contributed by atoms with Gasteiger partial charge in [-0.2, -0.15) is 0 Å². The number of furan rings is 1. The Kier molecular flexibility index (Phi) is 8.31. The number of carbonyl (C=O) groups excluding carboxylic acids is 2. The molecule has 0 radical (unpaired) electrons. The summed E-state index contributed by atoms with van der Waals surface area (Å²) in [6, 6.07) is 15.3. The van der Waals surface area contributed by atoms with Gasteiger partial charge in [0, 0.05) is 31.0 Å². The van der Waals surface area contributed by atoms with Crippen LogP contribution >= 0.6 is 0 Å². The van der Waals surface area contributed by atoms with Gasteiger partial charge in [-0.1, -0.05) is 32.4 Å². The summed E-state index contributed by atoms with van der Waals surface area (Å²) in [5, 5.41) is 0. The maximum atomic E-state index is 13.4. The maximum absolute atomic E-state index is 13.4. The van der Waals surface area contributed by atoms with E-state index in [4.69, 9.17) is 4.42 Å². The highest BCUT2D eigenvalue weighted by Crippen LogP contribution is 2.14. The summed E-state index contributed by atoms with van der Waals surface area (Å²) in [5.41, 5.74) is 2.82. The fourth-order valence-electron chi connectivity index (χ4n) is 3.61. The summed E-state index contributed by atoms with van der Waals surface area (Å²) in [5.74, 6) is 0.512. The third-order valence-corrected chi connectivity index (χ3v) is 5.69. The summed E-state index contributed by atoms with van der Waals surface area (Å²) in [7, 11) is 1.96. The van der Waals surface area contributed by atoms with Crippen molar-refractivity contribution in [2.75, 3.05) is 13.1 Å². The molecule has 170 valence electrons. The number of hydrogen-bond donors (Lipinski definition) is 0. The van der Waals surface area contributed by atoms with E-state index in [0.717, 1.165) is 25.0 Å². The van der Waals surface area contributed by atoms with Crippen LogP contribution in [0.3, 0.4) is 0 Å². The molecule has 1 aromatic carbocycles. The average molecular weight is 436 g/mol. The van der Waals surface area contributed by atoms with E-state index in [1.165, 1.54) is 5.56 Å². The first-order chi connectivity index (χ1) is 15.5. The molecule has 0 bridgehead atoms. The first-order valence-electron chi connectivity index (χ1n) is 11.3. The van der Waals surface area contributed by atoms with Gasteiger partial charge in [0.25, 0.3) is 5.91 Å². The number of amides is 2. The topological polar surface area (TPSA) is 58.7 Å². The molecule has 0 atom stereocenters. The number of aryl methyl sites for hydroxylation is 2. The van der Waals surface area contributed by atoms with E-state index in [9.17, 15) is 9.59 Å². The van der Waals surface area contributed by atoms with Crippen molar-refractivity contribution in [2.24, 2.45) is 7.05 Å². The van der Waals surface area contributed by atoms with Gasteiger partial charge in [0.05, 0.1) is 19.4 Å². The Morgan fingerprint density at radius 2 is 1.75 bits per heavy atom. The van der Waals surface area contributed by atoms with Gasteiger partial charge in [0.1, 0.15) is 12.3 Å². The quantitative estimate of drug-likeness (QED) is 0.440. The number of benzene rings is 1. The molecule has 32 heavy (non-hydrogen) atoms. The standard InChI is InChI=1S/C26H33N3O3/c1-4-6-16-28(26(31)22-13-11-21(5-2)12-14-22)20-25(30)29(19-24-10-8-17-32-24)18-23-9-7-15-27(23)3/h7-15,17H,4-6,16,18-20H2,1-3H3. The second kappa shape index (κ2) is 11.4. The number of carbonyl (C=O) groups is 2. The van der Waals surface area contributed by atoms with Gasteiger partial charge >= 0.3 is 0 Å². The van der Waals surface area contributed by atoms with E-state index < -0.39 is 0 Å². The maximum Gasteiger partial charge on any atom is 0.254 e. The van der Waals surface area contributed by atoms with Crippen LogP contribution in [0.1, 0.15) is 54.1 Å². The number of nitrogens with zero attached hydrogens (tertiary/aromatic N) is 3. The van der Waals surface area contributed by atoms with Gasteiger partial charge in [-0.25, -0.2) is 0 Å². The molecule has 0 unspecified atom stereocenters. The Balaban J connectivity index is 1.78. The summed E-state index contributed by atoms with van der Waals surface area (Å²) < 4.78 is 7.49. The lowest BCUT2D eigenvalue weighted by molar-refractivity contribution is -0.133. The zero-order valence-corrected chi connectivity index (χ0v) is 19.3. The zero-order valence-electron chi connectivity index (χ0n) is 19.3. The van der Waals surface area contributed by atoms with E-state index >= 15 is 0 Å². The molecule has 0 N–H and O–H groups in total. The average Bonchev–Trinajstić information content (AvgIpc) is 3.47. The third-order valence-electron chi connectivity index (χ3n) is 5.69. The predicted molar refractivity (Wildman–Crippen MR) is 125 cm³/mol. The Morgan fingerprint density at radius 3 is 2.34 bits per heavy atom. The molecule has 2 aromatic heterocycles. The molecule has 0 saturated heterocycles. The summed E-state index contributed by atoms with van der Waals surface area (Å²) >= 11 is 0. The van der Waals surface area contributed by atoms with Gasteiger partial charge < -0.3 is 18.8 Å². The minimum absolute atomic E-state index is 0.0412. The van der Waals surface area contributed by atoms with Crippen LogP contribution in [0.15, 0.2) is 65.4 Å². The molecule has 3 aromatic rings. The third kappa shape index (κ3) is 6.13. The molecule has 0 saturated carbocycles. The van der Waals surface area contributed by atoms with Crippen molar-refractivity contribution in [1.82, 2.24) is 14.4 Å². The van der Waals surface area contributed by atoms with Crippen LogP contribution < -0.4 is 0 Å². The Bertz CT molecular complexity index is 990. The monoisotopic (exact) mass is 435 g/mol. The molecule has 0 aliphatic carbocycles. The normalized spacial score (nSPS) is 10.8. The van der Waals surface area contributed by atoms with Gasteiger partial charge in [0.2, 0.25) is 5.91 Å². The Labute approximate surface area is 190 Å². The molecule has 0 spiro atoms. The molecule has 3 rings (SSSR count). The van der Waals surface area contributed by atoms with Gasteiger partial charge in [-0.05, 0) is 54.8 Å². The van der Waals surface area contributed by atoms with E-state index in [0.29, 0.717) is 31.0 Å². The van der Waals surface area contributed by atoms with Crippen LogP contribution in [0.4, 0.5) is 0 Å².